The fourth-order valence-corrected chi connectivity index (χ4v) is 4.99. The number of rotatable bonds is 7. The number of amides is 1. The van der Waals surface area contributed by atoms with Crippen molar-refractivity contribution in [2.45, 2.75) is 70.2 Å². The first-order valence-corrected chi connectivity index (χ1v) is 12.5. The van der Waals surface area contributed by atoms with Gasteiger partial charge in [0.15, 0.2) is 0 Å². The van der Waals surface area contributed by atoms with E-state index in [2.05, 4.69) is 35.2 Å². The van der Waals surface area contributed by atoms with Crippen molar-refractivity contribution in [3.05, 3.63) is 77.4 Å². The summed E-state index contributed by atoms with van der Waals surface area (Å²) in [6.07, 6.45) is 5.40. The zero-order chi connectivity index (χ0) is 25.0. The highest BCUT2D eigenvalue weighted by molar-refractivity contribution is 5.85. The van der Waals surface area contributed by atoms with Gasteiger partial charge in [0, 0.05) is 43.7 Å². The predicted molar refractivity (Wildman–Crippen MR) is 137 cm³/mol. The van der Waals surface area contributed by atoms with E-state index in [1.807, 2.05) is 49.9 Å². The van der Waals surface area contributed by atoms with Crippen molar-refractivity contribution in [1.29, 1.82) is 0 Å². The largest absolute Gasteiger partial charge is 0.478 e. The molecule has 186 valence electrons. The first-order chi connectivity index (χ1) is 16.7. The van der Waals surface area contributed by atoms with Gasteiger partial charge in [0.05, 0.1) is 0 Å². The minimum atomic E-state index is -0.947. The molecule has 0 unspecified atom stereocenters. The Kier molecular flexibility index (Phi) is 7.60. The predicted octanol–water partition coefficient (Wildman–Crippen LogP) is 5.54. The molecule has 0 radical (unpaired) electrons. The van der Waals surface area contributed by atoms with Crippen LogP contribution >= 0.6 is 0 Å². The van der Waals surface area contributed by atoms with E-state index in [0.717, 1.165) is 56.1 Å². The van der Waals surface area contributed by atoms with Crippen LogP contribution in [0.5, 0.6) is 0 Å². The van der Waals surface area contributed by atoms with Crippen molar-refractivity contribution in [2.24, 2.45) is 0 Å². The molecule has 1 amide bonds. The van der Waals surface area contributed by atoms with Crippen LogP contribution in [0.15, 0.2) is 60.7 Å². The standard InChI is InChI=1S/C29H36N2O4/c1-29(2,3)35-28(34)31(26-19-25(26)23-10-5-4-6-11-23)24-14-16-30(17-15-24)20-22-9-7-8-21(18-22)12-13-27(32)33/h4-13,18,24-26H,14-17,19-20H2,1-3H3,(H,32,33)/b13-12+/t25-,26+/m0/s1. The van der Waals surface area contributed by atoms with Crippen molar-refractivity contribution in [2.75, 3.05) is 13.1 Å². The Hall–Kier alpha value is -3.12. The Morgan fingerprint density at radius 2 is 1.80 bits per heavy atom. The lowest BCUT2D eigenvalue weighted by Gasteiger charge is -2.39. The van der Waals surface area contributed by atoms with Crippen LogP contribution < -0.4 is 0 Å². The van der Waals surface area contributed by atoms with Crippen LogP contribution in [0.3, 0.4) is 0 Å². The maximum absolute atomic E-state index is 13.3. The molecular weight excluding hydrogens is 440 g/mol. The van der Waals surface area contributed by atoms with E-state index in [1.165, 1.54) is 5.56 Å². The molecule has 0 bridgehead atoms. The summed E-state index contributed by atoms with van der Waals surface area (Å²) in [5.74, 6) is -0.569. The number of hydrogen-bond donors (Lipinski definition) is 1. The molecule has 2 aromatic carbocycles. The minimum absolute atomic E-state index is 0.171. The van der Waals surface area contributed by atoms with Crippen molar-refractivity contribution < 1.29 is 19.4 Å². The highest BCUT2D eigenvalue weighted by atomic mass is 16.6. The number of carboxylic acid groups (broad SMARTS) is 1. The highest BCUT2D eigenvalue weighted by Gasteiger charge is 2.48. The summed E-state index contributed by atoms with van der Waals surface area (Å²) in [6, 6.07) is 18.8. The third-order valence-corrected chi connectivity index (χ3v) is 6.67. The minimum Gasteiger partial charge on any atom is -0.478 e. The zero-order valence-corrected chi connectivity index (χ0v) is 20.9. The Balaban J connectivity index is 1.40. The summed E-state index contributed by atoms with van der Waals surface area (Å²) in [6.45, 7) is 8.39. The van der Waals surface area contributed by atoms with Gasteiger partial charge in [0.25, 0.3) is 0 Å². The average Bonchev–Trinajstić information content (AvgIpc) is 3.59. The molecule has 2 aliphatic rings. The summed E-state index contributed by atoms with van der Waals surface area (Å²) >= 11 is 0. The van der Waals surface area contributed by atoms with Gasteiger partial charge < -0.3 is 14.7 Å². The van der Waals surface area contributed by atoms with Gasteiger partial charge in [-0.3, -0.25) is 4.90 Å². The fourth-order valence-electron chi connectivity index (χ4n) is 4.99. The lowest BCUT2D eigenvalue weighted by molar-refractivity contribution is -0.131. The Morgan fingerprint density at radius 3 is 2.46 bits per heavy atom. The molecule has 35 heavy (non-hydrogen) atoms. The summed E-state index contributed by atoms with van der Waals surface area (Å²) in [4.78, 5) is 28.5. The average molecular weight is 477 g/mol. The molecule has 1 aliphatic heterocycles. The molecule has 1 N–H and O–H groups in total. The molecule has 1 saturated carbocycles. The maximum Gasteiger partial charge on any atom is 0.410 e. The quantitative estimate of drug-likeness (QED) is 0.531. The van der Waals surface area contributed by atoms with Gasteiger partial charge >= 0.3 is 12.1 Å². The molecule has 2 aromatic rings. The Morgan fingerprint density at radius 1 is 1.09 bits per heavy atom. The van der Waals surface area contributed by atoms with Gasteiger partial charge in [0.1, 0.15) is 5.60 Å². The van der Waals surface area contributed by atoms with Gasteiger partial charge in [-0.25, -0.2) is 9.59 Å². The molecule has 6 heteroatoms. The molecule has 1 saturated heterocycles. The van der Waals surface area contributed by atoms with E-state index in [-0.39, 0.29) is 18.2 Å². The smallest absolute Gasteiger partial charge is 0.410 e. The van der Waals surface area contributed by atoms with Crippen molar-refractivity contribution in [3.8, 4) is 0 Å². The Labute approximate surface area is 208 Å². The van der Waals surface area contributed by atoms with Crippen LogP contribution in [-0.4, -0.2) is 57.7 Å². The highest BCUT2D eigenvalue weighted by Crippen LogP contribution is 2.46. The van der Waals surface area contributed by atoms with E-state index in [1.54, 1.807) is 6.08 Å². The van der Waals surface area contributed by atoms with Crippen LogP contribution in [-0.2, 0) is 16.1 Å². The summed E-state index contributed by atoms with van der Waals surface area (Å²) in [5, 5.41) is 8.87. The molecule has 4 rings (SSSR count). The van der Waals surface area contributed by atoms with Gasteiger partial charge in [-0.15, -0.1) is 0 Å². The Bertz CT molecular complexity index is 1050. The van der Waals surface area contributed by atoms with E-state index < -0.39 is 11.6 Å². The molecule has 1 heterocycles. The van der Waals surface area contributed by atoms with Crippen molar-refractivity contribution in [3.63, 3.8) is 0 Å². The second-order valence-corrected chi connectivity index (χ2v) is 10.6. The molecular formula is C29H36N2O4. The van der Waals surface area contributed by atoms with Crippen LogP contribution in [0.2, 0.25) is 0 Å². The number of carboxylic acids is 1. The van der Waals surface area contributed by atoms with E-state index in [9.17, 15) is 9.59 Å². The van der Waals surface area contributed by atoms with Crippen LogP contribution in [0.4, 0.5) is 4.79 Å². The SMILES string of the molecule is CC(C)(C)OC(=O)N(C1CCN(Cc2cccc(/C=C/C(=O)O)c2)CC1)[C@@H]1C[C@H]1c1ccccc1. The van der Waals surface area contributed by atoms with Gasteiger partial charge in [-0.05, 0) is 62.8 Å². The normalized spacial score (nSPS) is 21.1. The number of likely N-dealkylation sites (tertiary alicyclic amines) is 1. The topological polar surface area (TPSA) is 70.1 Å². The molecule has 0 aromatic heterocycles. The zero-order valence-electron chi connectivity index (χ0n) is 20.9. The molecule has 2 fully saturated rings. The first-order valence-electron chi connectivity index (χ1n) is 12.5. The molecule has 6 nitrogen and oxygen atoms in total. The monoisotopic (exact) mass is 476 g/mol. The van der Waals surface area contributed by atoms with Crippen molar-refractivity contribution >= 4 is 18.1 Å². The molecule has 2 atom stereocenters. The van der Waals surface area contributed by atoms with Crippen molar-refractivity contribution in [1.82, 2.24) is 9.80 Å². The summed E-state index contributed by atoms with van der Waals surface area (Å²) in [5.41, 5.74) is 2.82. The van der Waals surface area contributed by atoms with Gasteiger partial charge in [-0.1, -0.05) is 54.6 Å². The number of carbonyl (C=O) groups excluding carboxylic acids is 1. The van der Waals surface area contributed by atoms with Crippen LogP contribution in [0, 0.1) is 0 Å². The second-order valence-electron chi connectivity index (χ2n) is 10.6. The van der Waals surface area contributed by atoms with E-state index in [4.69, 9.17) is 9.84 Å². The molecule has 1 aliphatic carbocycles. The van der Waals surface area contributed by atoms with E-state index in [0.29, 0.717) is 5.92 Å². The van der Waals surface area contributed by atoms with Gasteiger partial charge in [0.2, 0.25) is 0 Å². The number of aliphatic carboxylic acids is 1. The number of hydrogen-bond acceptors (Lipinski definition) is 4. The third kappa shape index (κ3) is 6.95. The van der Waals surface area contributed by atoms with Gasteiger partial charge in [-0.2, -0.15) is 0 Å². The van der Waals surface area contributed by atoms with E-state index >= 15 is 0 Å². The van der Waals surface area contributed by atoms with Crippen LogP contribution in [0.1, 0.15) is 62.6 Å². The molecule has 0 spiro atoms. The van der Waals surface area contributed by atoms with Crippen LogP contribution in [0.25, 0.3) is 6.08 Å². The number of ether oxygens (including phenoxy) is 1. The number of benzene rings is 2. The maximum atomic E-state index is 13.3. The first kappa shape index (κ1) is 25.0. The summed E-state index contributed by atoms with van der Waals surface area (Å²) in [7, 11) is 0. The number of carbonyl (C=O) groups is 2. The third-order valence-electron chi connectivity index (χ3n) is 6.67. The number of nitrogens with zero attached hydrogens (tertiary/aromatic N) is 2. The lowest BCUT2D eigenvalue weighted by atomic mass is 10.0. The second kappa shape index (κ2) is 10.6. The number of piperidine rings is 1. The lowest BCUT2D eigenvalue weighted by Crippen LogP contribution is -2.50. The fraction of sp³-hybridized carbons (Fsp3) is 0.448. The summed E-state index contributed by atoms with van der Waals surface area (Å²) < 4.78 is 5.84.